The Morgan fingerprint density at radius 1 is 1.21 bits per heavy atom. The van der Waals surface area contributed by atoms with E-state index in [-0.39, 0.29) is 5.28 Å². The number of fused-ring (bicyclic) bond motifs is 1. The quantitative estimate of drug-likeness (QED) is 0.482. The molecule has 0 atom stereocenters. The number of rotatable bonds is 1. The first-order valence-corrected chi connectivity index (χ1v) is 8.71. The lowest BCUT2D eigenvalue weighted by Crippen LogP contribution is -2.02. The predicted octanol–water partition coefficient (Wildman–Crippen LogP) is 3.94. The highest BCUT2D eigenvalue weighted by molar-refractivity contribution is 9.10. The second kappa shape index (κ2) is 5.19. The molecule has 6 nitrogen and oxygen atoms in total. The van der Waals surface area contributed by atoms with E-state index in [9.17, 15) is 0 Å². The molecular formula is C16H11BrClN5O. The minimum Gasteiger partial charge on any atom is -0.491 e. The minimum atomic E-state index is 0.234. The Hall–Kier alpha value is -2.12. The molecule has 0 unspecified atom stereocenters. The molecule has 0 radical (unpaired) electrons. The smallest absolute Gasteiger partial charge is 0.243 e. The van der Waals surface area contributed by atoms with Gasteiger partial charge in [0.05, 0.1) is 12.1 Å². The summed E-state index contributed by atoms with van der Waals surface area (Å²) in [6, 6.07) is 7.89. The lowest BCUT2D eigenvalue weighted by molar-refractivity contribution is 0.315. The highest BCUT2D eigenvalue weighted by Gasteiger charge is 2.20. The third-order valence-electron chi connectivity index (χ3n) is 4.12. The van der Waals surface area contributed by atoms with Crippen LogP contribution < -0.4 is 4.74 Å². The second-order valence-electron chi connectivity index (χ2n) is 5.66. The van der Waals surface area contributed by atoms with Gasteiger partial charge in [0.15, 0.2) is 5.65 Å². The molecule has 0 spiro atoms. The predicted molar refractivity (Wildman–Crippen MR) is 94.5 cm³/mol. The van der Waals surface area contributed by atoms with Gasteiger partial charge >= 0.3 is 0 Å². The van der Waals surface area contributed by atoms with Crippen LogP contribution in [0.5, 0.6) is 5.75 Å². The Kier molecular flexibility index (Phi) is 3.08. The van der Waals surface area contributed by atoms with Crippen molar-refractivity contribution in [1.29, 1.82) is 0 Å². The number of pyridine rings is 1. The Morgan fingerprint density at radius 2 is 2.12 bits per heavy atom. The molecule has 0 saturated heterocycles. The zero-order valence-electron chi connectivity index (χ0n) is 12.4. The van der Waals surface area contributed by atoms with Gasteiger partial charge in [-0.05, 0) is 42.3 Å². The summed E-state index contributed by atoms with van der Waals surface area (Å²) in [6.45, 7) is 1.56. The molecule has 0 N–H and O–H groups in total. The average Bonchev–Trinajstić information content (AvgIpc) is 3.02. The molecule has 1 aliphatic heterocycles. The fourth-order valence-electron chi connectivity index (χ4n) is 3.14. The van der Waals surface area contributed by atoms with Crippen LogP contribution in [-0.4, -0.2) is 30.8 Å². The van der Waals surface area contributed by atoms with E-state index in [2.05, 4.69) is 30.6 Å². The van der Waals surface area contributed by atoms with Crippen molar-refractivity contribution in [2.75, 3.05) is 6.61 Å². The standard InChI is InChI=1S/C16H11BrClN5O/c17-10-6-11-14-12(7-10)24-5-1-4-22(14)15(19-11)9-2-3-13-20-16(18)21-23(13)8-9/h2-3,6-8H,1,4-5H2. The van der Waals surface area contributed by atoms with Crippen molar-refractivity contribution in [2.45, 2.75) is 13.0 Å². The summed E-state index contributed by atoms with van der Waals surface area (Å²) < 4.78 is 10.7. The van der Waals surface area contributed by atoms with Crippen molar-refractivity contribution in [2.24, 2.45) is 0 Å². The molecule has 0 saturated carbocycles. The van der Waals surface area contributed by atoms with E-state index in [1.54, 1.807) is 4.52 Å². The normalized spacial score (nSPS) is 14.1. The molecule has 0 bridgehead atoms. The summed E-state index contributed by atoms with van der Waals surface area (Å²) in [5.41, 5.74) is 3.61. The number of halogens is 2. The molecule has 0 fully saturated rings. The molecule has 1 aromatic carbocycles. The van der Waals surface area contributed by atoms with Gasteiger partial charge in [-0.25, -0.2) is 9.50 Å². The number of imidazole rings is 1. The summed E-state index contributed by atoms with van der Waals surface area (Å²) >= 11 is 9.42. The summed E-state index contributed by atoms with van der Waals surface area (Å²) in [4.78, 5) is 8.98. The first kappa shape index (κ1) is 14.2. The van der Waals surface area contributed by atoms with E-state index in [1.165, 1.54) is 0 Å². The SMILES string of the molecule is Clc1nc2ccc(-c3nc4cc(Br)cc5c4n3CCCO5)cn2n1. The van der Waals surface area contributed by atoms with Crippen LogP contribution in [0.15, 0.2) is 34.9 Å². The number of benzene rings is 1. The van der Waals surface area contributed by atoms with Crippen LogP contribution in [0, 0.1) is 0 Å². The third kappa shape index (κ3) is 2.12. The zero-order chi connectivity index (χ0) is 16.3. The zero-order valence-corrected chi connectivity index (χ0v) is 14.8. The van der Waals surface area contributed by atoms with Crippen LogP contribution >= 0.6 is 27.5 Å². The van der Waals surface area contributed by atoms with E-state index in [0.717, 1.165) is 45.6 Å². The molecule has 24 heavy (non-hydrogen) atoms. The van der Waals surface area contributed by atoms with Crippen LogP contribution in [0.25, 0.3) is 28.1 Å². The molecular weight excluding hydrogens is 394 g/mol. The second-order valence-corrected chi connectivity index (χ2v) is 6.92. The highest BCUT2D eigenvalue weighted by Crippen LogP contribution is 2.35. The van der Waals surface area contributed by atoms with Gasteiger partial charge in [-0.1, -0.05) is 15.9 Å². The molecule has 0 aliphatic carbocycles. The Bertz CT molecular complexity index is 1100. The van der Waals surface area contributed by atoms with Crippen molar-refractivity contribution >= 4 is 44.2 Å². The Labute approximate surface area is 150 Å². The van der Waals surface area contributed by atoms with Gasteiger partial charge in [0.1, 0.15) is 17.1 Å². The number of aromatic nitrogens is 5. The maximum Gasteiger partial charge on any atom is 0.243 e. The summed E-state index contributed by atoms with van der Waals surface area (Å²) in [5, 5.41) is 4.41. The van der Waals surface area contributed by atoms with Crippen LogP contribution in [0.3, 0.4) is 0 Å². The summed E-state index contributed by atoms with van der Waals surface area (Å²) in [5.74, 6) is 1.75. The van der Waals surface area contributed by atoms with Crippen LogP contribution in [-0.2, 0) is 6.54 Å². The van der Waals surface area contributed by atoms with E-state index in [0.29, 0.717) is 12.3 Å². The van der Waals surface area contributed by atoms with Crippen LogP contribution in [0.2, 0.25) is 5.28 Å². The fourth-order valence-corrected chi connectivity index (χ4v) is 3.73. The summed E-state index contributed by atoms with van der Waals surface area (Å²) in [7, 11) is 0. The monoisotopic (exact) mass is 403 g/mol. The molecule has 4 heterocycles. The molecule has 120 valence electrons. The van der Waals surface area contributed by atoms with Gasteiger partial charge in [0.2, 0.25) is 5.28 Å². The molecule has 4 aromatic rings. The minimum absolute atomic E-state index is 0.234. The molecule has 1 aliphatic rings. The number of hydrogen-bond donors (Lipinski definition) is 0. The van der Waals surface area contributed by atoms with Crippen LogP contribution in [0.4, 0.5) is 0 Å². The maximum atomic E-state index is 5.89. The van der Waals surface area contributed by atoms with Crippen molar-refractivity contribution < 1.29 is 4.74 Å². The van der Waals surface area contributed by atoms with Gasteiger partial charge in [-0.3, -0.25) is 0 Å². The maximum absolute atomic E-state index is 5.89. The summed E-state index contributed by atoms with van der Waals surface area (Å²) in [6.07, 6.45) is 2.83. The Balaban J connectivity index is 1.79. The van der Waals surface area contributed by atoms with Crippen molar-refractivity contribution in [3.8, 4) is 17.1 Å². The number of hydrogen-bond acceptors (Lipinski definition) is 4. The molecule has 8 heteroatoms. The van der Waals surface area contributed by atoms with Gasteiger partial charge in [-0.2, -0.15) is 4.98 Å². The highest BCUT2D eigenvalue weighted by atomic mass is 79.9. The van der Waals surface area contributed by atoms with Crippen molar-refractivity contribution in [1.82, 2.24) is 24.1 Å². The molecule has 5 rings (SSSR count). The largest absolute Gasteiger partial charge is 0.491 e. The molecule has 0 amide bonds. The first-order chi connectivity index (χ1) is 11.7. The van der Waals surface area contributed by atoms with E-state index in [4.69, 9.17) is 21.3 Å². The fraction of sp³-hybridized carbons (Fsp3) is 0.188. The van der Waals surface area contributed by atoms with Crippen LogP contribution in [0.1, 0.15) is 6.42 Å². The lowest BCUT2D eigenvalue weighted by atomic mass is 10.2. The van der Waals surface area contributed by atoms with E-state index >= 15 is 0 Å². The van der Waals surface area contributed by atoms with Gasteiger partial charge in [-0.15, -0.1) is 5.10 Å². The average molecular weight is 405 g/mol. The topological polar surface area (TPSA) is 57.2 Å². The van der Waals surface area contributed by atoms with E-state index in [1.807, 2.05) is 30.5 Å². The third-order valence-corrected chi connectivity index (χ3v) is 4.74. The van der Waals surface area contributed by atoms with Gasteiger partial charge in [0, 0.05) is 22.8 Å². The number of nitrogens with zero attached hydrogens (tertiary/aromatic N) is 5. The first-order valence-electron chi connectivity index (χ1n) is 7.54. The lowest BCUT2D eigenvalue weighted by Gasteiger charge is -2.07. The van der Waals surface area contributed by atoms with Gasteiger partial charge < -0.3 is 9.30 Å². The van der Waals surface area contributed by atoms with Gasteiger partial charge in [0.25, 0.3) is 0 Å². The molecule has 3 aromatic heterocycles. The van der Waals surface area contributed by atoms with E-state index < -0.39 is 0 Å². The number of aryl methyl sites for hydroxylation is 1. The van der Waals surface area contributed by atoms with Crippen molar-refractivity contribution in [3.05, 3.63) is 40.2 Å². The Morgan fingerprint density at radius 3 is 3.04 bits per heavy atom. The number of ether oxygens (including phenoxy) is 1. The van der Waals surface area contributed by atoms with Crippen molar-refractivity contribution in [3.63, 3.8) is 0 Å².